The number of benzene rings is 3. The maximum absolute atomic E-state index is 10.9. The Balaban J connectivity index is 1.90. The van der Waals surface area contributed by atoms with E-state index in [1.54, 1.807) is 14.2 Å². The van der Waals surface area contributed by atoms with Gasteiger partial charge >= 0.3 is 0 Å². The molecule has 3 aromatic carbocycles. The first-order valence-electron chi connectivity index (χ1n) is 8.38. The van der Waals surface area contributed by atoms with E-state index in [0.717, 1.165) is 16.9 Å². The summed E-state index contributed by atoms with van der Waals surface area (Å²) in [7, 11) is 3.20. The van der Waals surface area contributed by atoms with Crippen molar-refractivity contribution in [3.05, 3.63) is 89.5 Å². The monoisotopic (exact) mass is 350 g/mol. The molecule has 26 heavy (non-hydrogen) atoms. The molecule has 3 aromatic rings. The molecule has 0 aliphatic rings. The van der Waals surface area contributed by atoms with Crippen LogP contribution in [-0.2, 0) is 6.61 Å². The van der Waals surface area contributed by atoms with Gasteiger partial charge in [-0.2, -0.15) is 0 Å². The van der Waals surface area contributed by atoms with E-state index in [9.17, 15) is 5.11 Å². The van der Waals surface area contributed by atoms with Gasteiger partial charge in [-0.15, -0.1) is 0 Å². The summed E-state index contributed by atoms with van der Waals surface area (Å²) in [6.45, 7) is 0.413. The molecule has 1 unspecified atom stereocenters. The van der Waals surface area contributed by atoms with Crippen LogP contribution in [0.1, 0.15) is 22.8 Å². The van der Waals surface area contributed by atoms with Gasteiger partial charge in [0, 0.05) is 0 Å². The van der Waals surface area contributed by atoms with E-state index in [2.05, 4.69) is 0 Å². The molecular formula is C22H22O4. The standard InChI is InChI=1S/C22H22O4/c1-24-18-13-11-17(12-14-18)22(23)21-19(25-2)9-6-10-20(21)26-15-16-7-4-3-5-8-16/h3-14,22-23H,15H2,1-2H3. The number of hydrogen-bond acceptors (Lipinski definition) is 4. The van der Waals surface area contributed by atoms with Gasteiger partial charge in [0.05, 0.1) is 19.8 Å². The zero-order chi connectivity index (χ0) is 18.4. The zero-order valence-electron chi connectivity index (χ0n) is 14.9. The highest BCUT2D eigenvalue weighted by molar-refractivity contribution is 5.50. The molecule has 0 radical (unpaired) electrons. The van der Waals surface area contributed by atoms with Crippen LogP contribution in [0.4, 0.5) is 0 Å². The fourth-order valence-corrected chi connectivity index (χ4v) is 2.79. The predicted molar refractivity (Wildman–Crippen MR) is 101 cm³/mol. The molecule has 0 saturated carbocycles. The Bertz CT molecular complexity index is 829. The lowest BCUT2D eigenvalue weighted by Crippen LogP contribution is -2.06. The van der Waals surface area contributed by atoms with Crippen LogP contribution >= 0.6 is 0 Å². The van der Waals surface area contributed by atoms with Gasteiger partial charge in [-0.3, -0.25) is 0 Å². The van der Waals surface area contributed by atoms with Crippen molar-refractivity contribution in [2.24, 2.45) is 0 Å². The lowest BCUT2D eigenvalue weighted by atomic mass is 9.99. The second-order valence-corrected chi connectivity index (χ2v) is 5.82. The summed E-state index contributed by atoms with van der Waals surface area (Å²) in [5.41, 5.74) is 2.40. The molecule has 4 nitrogen and oxygen atoms in total. The average molecular weight is 350 g/mol. The van der Waals surface area contributed by atoms with Crippen LogP contribution in [0.15, 0.2) is 72.8 Å². The van der Waals surface area contributed by atoms with Crippen molar-refractivity contribution in [2.75, 3.05) is 14.2 Å². The van der Waals surface area contributed by atoms with Gasteiger partial charge < -0.3 is 19.3 Å². The highest BCUT2D eigenvalue weighted by Crippen LogP contribution is 2.38. The largest absolute Gasteiger partial charge is 0.497 e. The smallest absolute Gasteiger partial charge is 0.129 e. The van der Waals surface area contributed by atoms with Crippen molar-refractivity contribution in [2.45, 2.75) is 12.7 Å². The second-order valence-electron chi connectivity index (χ2n) is 5.82. The zero-order valence-corrected chi connectivity index (χ0v) is 14.9. The molecule has 0 bridgehead atoms. The first-order valence-corrected chi connectivity index (χ1v) is 8.38. The first kappa shape index (κ1) is 17.8. The number of methoxy groups -OCH3 is 2. The molecule has 0 amide bonds. The topological polar surface area (TPSA) is 47.9 Å². The van der Waals surface area contributed by atoms with Gasteiger partial charge in [-0.1, -0.05) is 48.5 Å². The van der Waals surface area contributed by atoms with Crippen LogP contribution in [0.3, 0.4) is 0 Å². The molecular weight excluding hydrogens is 328 g/mol. The van der Waals surface area contributed by atoms with Crippen LogP contribution in [0.2, 0.25) is 0 Å². The molecule has 0 aliphatic carbocycles. The fraction of sp³-hybridized carbons (Fsp3) is 0.182. The molecule has 1 atom stereocenters. The van der Waals surface area contributed by atoms with Gasteiger partial charge in [0.15, 0.2) is 0 Å². The SMILES string of the molecule is COc1ccc(C(O)c2c(OC)cccc2OCc2ccccc2)cc1. The molecule has 1 N–H and O–H groups in total. The molecule has 0 fully saturated rings. The Labute approximate surface area is 153 Å². The average Bonchev–Trinajstić information content (AvgIpc) is 2.72. The summed E-state index contributed by atoms with van der Waals surface area (Å²) in [6, 6.07) is 22.7. The molecule has 0 aromatic heterocycles. The highest BCUT2D eigenvalue weighted by atomic mass is 16.5. The van der Waals surface area contributed by atoms with Crippen LogP contribution < -0.4 is 14.2 Å². The minimum Gasteiger partial charge on any atom is -0.497 e. The molecule has 4 heteroatoms. The van der Waals surface area contributed by atoms with E-state index in [0.29, 0.717) is 23.7 Å². The number of rotatable bonds is 7. The molecule has 0 spiro atoms. The second kappa shape index (κ2) is 8.41. The lowest BCUT2D eigenvalue weighted by molar-refractivity contribution is 0.203. The van der Waals surface area contributed by atoms with Crippen LogP contribution in [-0.4, -0.2) is 19.3 Å². The lowest BCUT2D eigenvalue weighted by Gasteiger charge is -2.20. The molecule has 134 valence electrons. The highest BCUT2D eigenvalue weighted by Gasteiger charge is 2.21. The maximum atomic E-state index is 10.9. The van der Waals surface area contributed by atoms with Crippen molar-refractivity contribution in [1.29, 1.82) is 0 Å². The van der Waals surface area contributed by atoms with Crippen molar-refractivity contribution in [3.8, 4) is 17.2 Å². The summed E-state index contributed by atoms with van der Waals surface area (Å²) in [6.07, 6.45) is -0.872. The quantitative estimate of drug-likeness (QED) is 0.688. The Morgan fingerprint density at radius 1 is 0.769 bits per heavy atom. The van der Waals surface area contributed by atoms with E-state index in [1.165, 1.54) is 0 Å². The molecule has 0 heterocycles. The predicted octanol–water partition coefficient (Wildman–Crippen LogP) is 4.36. The Kier molecular flexibility index (Phi) is 5.77. The number of aliphatic hydroxyl groups is 1. The van der Waals surface area contributed by atoms with Crippen LogP contribution in [0.25, 0.3) is 0 Å². The Morgan fingerprint density at radius 2 is 1.46 bits per heavy atom. The van der Waals surface area contributed by atoms with E-state index in [4.69, 9.17) is 14.2 Å². The summed E-state index contributed by atoms with van der Waals surface area (Å²) in [5, 5.41) is 10.9. The molecule has 3 rings (SSSR count). The van der Waals surface area contributed by atoms with Crippen LogP contribution in [0.5, 0.6) is 17.2 Å². The molecule has 0 saturated heterocycles. The van der Waals surface area contributed by atoms with Crippen molar-refractivity contribution in [1.82, 2.24) is 0 Å². The Morgan fingerprint density at radius 3 is 2.12 bits per heavy atom. The van der Waals surface area contributed by atoms with Crippen molar-refractivity contribution in [3.63, 3.8) is 0 Å². The normalized spacial score (nSPS) is 11.7. The van der Waals surface area contributed by atoms with Crippen molar-refractivity contribution >= 4 is 0 Å². The van der Waals surface area contributed by atoms with Gasteiger partial charge in [-0.25, -0.2) is 0 Å². The third-order valence-corrected chi connectivity index (χ3v) is 4.19. The van der Waals surface area contributed by atoms with E-state index >= 15 is 0 Å². The fourth-order valence-electron chi connectivity index (χ4n) is 2.79. The minimum atomic E-state index is -0.872. The summed E-state index contributed by atoms with van der Waals surface area (Å²) in [5.74, 6) is 1.91. The third kappa shape index (κ3) is 3.98. The third-order valence-electron chi connectivity index (χ3n) is 4.19. The maximum Gasteiger partial charge on any atom is 0.129 e. The van der Waals surface area contributed by atoms with Crippen molar-refractivity contribution < 1.29 is 19.3 Å². The Hall–Kier alpha value is -2.98. The van der Waals surface area contributed by atoms with Gasteiger partial charge in [-0.05, 0) is 35.4 Å². The van der Waals surface area contributed by atoms with E-state index in [1.807, 2.05) is 72.8 Å². The van der Waals surface area contributed by atoms with Gasteiger partial charge in [0.2, 0.25) is 0 Å². The van der Waals surface area contributed by atoms with E-state index in [-0.39, 0.29) is 0 Å². The first-order chi connectivity index (χ1) is 12.7. The number of hydrogen-bond donors (Lipinski definition) is 1. The number of ether oxygens (including phenoxy) is 3. The summed E-state index contributed by atoms with van der Waals surface area (Å²) < 4.78 is 16.6. The van der Waals surface area contributed by atoms with Gasteiger partial charge in [0.1, 0.15) is 30.0 Å². The summed E-state index contributed by atoms with van der Waals surface area (Å²) in [4.78, 5) is 0. The minimum absolute atomic E-state index is 0.413. The molecule has 0 aliphatic heterocycles. The van der Waals surface area contributed by atoms with Gasteiger partial charge in [0.25, 0.3) is 0 Å². The van der Waals surface area contributed by atoms with E-state index < -0.39 is 6.10 Å². The summed E-state index contributed by atoms with van der Waals surface area (Å²) >= 11 is 0. The number of aliphatic hydroxyl groups excluding tert-OH is 1. The van der Waals surface area contributed by atoms with Crippen LogP contribution in [0, 0.1) is 0 Å².